The van der Waals surface area contributed by atoms with Crippen molar-refractivity contribution in [3.63, 3.8) is 0 Å². The zero-order valence-corrected chi connectivity index (χ0v) is 10.3. The highest BCUT2D eigenvalue weighted by atomic mass is 19.1. The summed E-state index contributed by atoms with van der Waals surface area (Å²) >= 11 is 0. The van der Waals surface area contributed by atoms with Crippen LogP contribution in [0.2, 0.25) is 0 Å². The van der Waals surface area contributed by atoms with Gasteiger partial charge in [0.1, 0.15) is 11.6 Å². The average Bonchev–Trinajstić information content (AvgIpc) is 2.96. The van der Waals surface area contributed by atoms with Crippen molar-refractivity contribution in [2.75, 3.05) is 0 Å². The minimum atomic E-state index is -0.520. The molecule has 2 rings (SSSR count). The molecule has 0 saturated heterocycles. The highest BCUT2D eigenvalue weighted by Crippen LogP contribution is 2.36. The topological polar surface area (TPSA) is 12.0 Å². The molecular formula is C14H19F2N. The van der Waals surface area contributed by atoms with E-state index in [9.17, 15) is 8.78 Å². The fourth-order valence-electron chi connectivity index (χ4n) is 2.41. The summed E-state index contributed by atoms with van der Waals surface area (Å²) in [6, 6.07) is 4.24. The molecule has 0 heterocycles. The van der Waals surface area contributed by atoms with Gasteiger partial charge in [-0.15, -0.1) is 0 Å². The molecular weight excluding hydrogens is 220 g/mol. The largest absolute Gasteiger partial charge is 0.307 e. The minimum Gasteiger partial charge on any atom is -0.307 e. The molecule has 1 N–H and O–H groups in total. The molecule has 0 spiro atoms. The molecule has 1 nitrogen and oxygen atoms in total. The second-order valence-corrected chi connectivity index (χ2v) is 4.95. The van der Waals surface area contributed by atoms with Crippen molar-refractivity contribution in [2.45, 2.75) is 45.2 Å². The molecule has 1 fully saturated rings. The number of hydrogen-bond donors (Lipinski definition) is 1. The van der Waals surface area contributed by atoms with Gasteiger partial charge in [0.2, 0.25) is 0 Å². The van der Waals surface area contributed by atoms with Gasteiger partial charge in [-0.1, -0.05) is 19.4 Å². The summed E-state index contributed by atoms with van der Waals surface area (Å²) < 4.78 is 26.3. The van der Waals surface area contributed by atoms with Gasteiger partial charge < -0.3 is 5.32 Å². The van der Waals surface area contributed by atoms with E-state index in [1.165, 1.54) is 31.4 Å². The third-order valence-electron chi connectivity index (χ3n) is 3.48. The quantitative estimate of drug-likeness (QED) is 0.824. The van der Waals surface area contributed by atoms with Crippen LogP contribution in [0.1, 0.15) is 44.7 Å². The molecule has 0 aromatic heterocycles. The Morgan fingerprint density at radius 1 is 1.41 bits per heavy atom. The smallest absolute Gasteiger partial charge is 0.130 e. The van der Waals surface area contributed by atoms with E-state index in [1.807, 2.05) is 6.92 Å². The predicted molar refractivity (Wildman–Crippen MR) is 64.7 cm³/mol. The lowest BCUT2D eigenvalue weighted by Gasteiger charge is -2.15. The van der Waals surface area contributed by atoms with Crippen LogP contribution < -0.4 is 5.32 Å². The number of rotatable bonds is 5. The van der Waals surface area contributed by atoms with E-state index in [4.69, 9.17) is 0 Å². The van der Waals surface area contributed by atoms with Crippen LogP contribution in [-0.2, 0) is 0 Å². The molecule has 0 aliphatic heterocycles. The summed E-state index contributed by atoms with van der Waals surface area (Å²) in [7, 11) is 0. The first-order valence-corrected chi connectivity index (χ1v) is 6.32. The fourth-order valence-corrected chi connectivity index (χ4v) is 2.41. The summed E-state index contributed by atoms with van der Waals surface area (Å²) in [5.41, 5.74) is 0.550. The van der Waals surface area contributed by atoms with Gasteiger partial charge >= 0.3 is 0 Å². The third-order valence-corrected chi connectivity index (χ3v) is 3.48. The maximum Gasteiger partial charge on any atom is 0.130 e. The molecule has 1 saturated carbocycles. The summed E-state index contributed by atoms with van der Waals surface area (Å²) in [5, 5.41) is 3.40. The molecule has 1 aromatic rings. The molecule has 1 aliphatic carbocycles. The molecule has 3 atom stereocenters. The van der Waals surface area contributed by atoms with E-state index in [0.29, 0.717) is 11.6 Å². The standard InChI is InChI=1S/C14H19F2N/c1-3-4-10-7-14(10)17-9(2)12-6-5-11(15)8-13(12)16/h5-6,8-10,14,17H,3-4,7H2,1-2H3. The molecule has 94 valence electrons. The van der Waals surface area contributed by atoms with Crippen LogP contribution in [0.15, 0.2) is 18.2 Å². The summed E-state index contributed by atoms with van der Waals surface area (Å²) in [5.74, 6) is -0.239. The van der Waals surface area contributed by atoms with Crippen molar-refractivity contribution in [3.8, 4) is 0 Å². The van der Waals surface area contributed by atoms with E-state index < -0.39 is 11.6 Å². The zero-order chi connectivity index (χ0) is 12.4. The normalized spacial score (nSPS) is 24.7. The number of halogens is 2. The lowest BCUT2D eigenvalue weighted by atomic mass is 10.1. The van der Waals surface area contributed by atoms with Crippen molar-refractivity contribution in [3.05, 3.63) is 35.4 Å². The Morgan fingerprint density at radius 3 is 2.82 bits per heavy atom. The van der Waals surface area contributed by atoms with Crippen molar-refractivity contribution < 1.29 is 8.78 Å². The lowest BCUT2D eigenvalue weighted by molar-refractivity contribution is 0.497. The van der Waals surface area contributed by atoms with Gasteiger partial charge in [-0.25, -0.2) is 8.78 Å². The van der Waals surface area contributed by atoms with Gasteiger partial charge in [0, 0.05) is 23.7 Å². The SMILES string of the molecule is CCCC1CC1NC(C)c1ccc(F)cc1F. The second-order valence-electron chi connectivity index (χ2n) is 4.95. The molecule has 1 aliphatic rings. The molecule has 1 aromatic carbocycles. The first-order chi connectivity index (χ1) is 8.11. The van der Waals surface area contributed by atoms with Crippen molar-refractivity contribution >= 4 is 0 Å². The summed E-state index contributed by atoms with van der Waals surface area (Å²) in [4.78, 5) is 0. The summed E-state index contributed by atoms with van der Waals surface area (Å²) in [6.07, 6.45) is 3.61. The number of hydrogen-bond acceptors (Lipinski definition) is 1. The third kappa shape index (κ3) is 3.03. The minimum absolute atomic E-state index is 0.0533. The molecule has 0 amide bonds. The Labute approximate surface area is 101 Å². The Bertz CT molecular complexity index is 392. The molecule has 3 unspecified atom stereocenters. The fraction of sp³-hybridized carbons (Fsp3) is 0.571. The highest BCUT2D eigenvalue weighted by molar-refractivity contribution is 5.22. The maximum absolute atomic E-state index is 13.5. The monoisotopic (exact) mass is 239 g/mol. The van der Waals surface area contributed by atoms with Gasteiger partial charge in [-0.05, 0) is 31.7 Å². The Morgan fingerprint density at radius 2 is 2.18 bits per heavy atom. The molecule has 0 bridgehead atoms. The maximum atomic E-state index is 13.5. The van der Waals surface area contributed by atoms with Gasteiger partial charge in [-0.2, -0.15) is 0 Å². The summed E-state index contributed by atoms with van der Waals surface area (Å²) in [6.45, 7) is 4.11. The van der Waals surface area contributed by atoms with Crippen LogP contribution in [0.4, 0.5) is 8.78 Å². The first kappa shape index (κ1) is 12.5. The van der Waals surface area contributed by atoms with E-state index in [2.05, 4.69) is 12.2 Å². The second kappa shape index (κ2) is 5.13. The highest BCUT2D eigenvalue weighted by Gasteiger charge is 2.36. The van der Waals surface area contributed by atoms with Crippen LogP contribution in [0.3, 0.4) is 0 Å². The molecule has 3 heteroatoms. The lowest BCUT2D eigenvalue weighted by Crippen LogP contribution is -2.23. The Hall–Kier alpha value is -0.960. The van der Waals surface area contributed by atoms with Crippen LogP contribution in [0.5, 0.6) is 0 Å². The van der Waals surface area contributed by atoms with E-state index >= 15 is 0 Å². The van der Waals surface area contributed by atoms with Crippen molar-refractivity contribution in [1.82, 2.24) is 5.32 Å². The van der Waals surface area contributed by atoms with Crippen molar-refractivity contribution in [1.29, 1.82) is 0 Å². The first-order valence-electron chi connectivity index (χ1n) is 6.32. The van der Waals surface area contributed by atoms with E-state index in [0.717, 1.165) is 12.0 Å². The predicted octanol–water partition coefficient (Wildman–Crippen LogP) is 3.80. The van der Waals surface area contributed by atoms with Gasteiger partial charge in [0.15, 0.2) is 0 Å². The van der Waals surface area contributed by atoms with E-state index in [-0.39, 0.29) is 6.04 Å². The van der Waals surface area contributed by atoms with E-state index in [1.54, 1.807) is 0 Å². The van der Waals surface area contributed by atoms with Gasteiger partial charge in [0.05, 0.1) is 0 Å². The zero-order valence-electron chi connectivity index (χ0n) is 10.3. The van der Waals surface area contributed by atoms with Crippen LogP contribution in [-0.4, -0.2) is 6.04 Å². The molecule has 17 heavy (non-hydrogen) atoms. The van der Waals surface area contributed by atoms with Crippen LogP contribution in [0.25, 0.3) is 0 Å². The van der Waals surface area contributed by atoms with Gasteiger partial charge in [-0.3, -0.25) is 0 Å². The van der Waals surface area contributed by atoms with Crippen LogP contribution >= 0.6 is 0 Å². The van der Waals surface area contributed by atoms with Crippen molar-refractivity contribution in [2.24, 2.45) is 5.92 Å². The number of benzene rings is 1. The van der Waals surface area contributed by atoms with Gasteiger partial charge in [0.25, 0.3) is 0 Å². The van der Waals surface area contributed by atoms with Crippen LogP contribution in [0, 0.1) is 17.6 Å². The Kier molecular flexibility index (Phi) is 3.77. The Balaban J connectivity index is 1.94. The average molecular weight is 239 g/mol. The number of nitrogens with one attached hydrogen (secondary N) is 1. The molecule has 0 radical (unpaired) electrons.